The Morgan fingerprint density at radius 2 is 1.55 bits per heavy atom. The van der Waals surface area contributed by atoms with Crippen molar-refractivity contribution in [2.45, 2.75) is 65.1 Å². The minimum absolute atomic E-state index is 0.186. The molecular formula is C18H31NO3. The fraction of sp³-hybridized carbons (Fsp3) is 0.944. The third kappa shape index (κ3) is 3.65. The largest absolute Gasteiger partial charge is 0.351 e. The van der Waals surface area contributed by atoms with Crippen molar-refractivity contribution in [2.24, 2.45) is 23.2 Å². The van der Waals surface area contributed by atoms with Gasteiger partial charge in [-0.3, -0.25) is 4.79 Å². The Kier molecular flexibility index (Phi) is 5.08. The van der Waals surface area contributed by atoms with Gasteiger partial charge in [0.1, 0.15) is 0 Å². The molecule has 4 saturated carbocycles. The van der Waals surface area contributed by atoms with Crippen LogP contribution in [0.2, 0.25) is 0 Å². The van der Waals surface area contributed by atoms with E-state index < -0.39 is 0 Å². The molecule has 4 aliphatic rings. The van der Waals surface area contributed by atoms with Crippen LogP contribution in [0.4, 0.5) is 0 Å². The van der Waals surface area contributed by atoms with E-state index in [-0.39, 0.29) is 12.2 Å². The molecule has 4 aliphatic carbocycles. The summed E-state index contributed by atoms with van der Waals surface area (Å²) in [5.74, 6) is 2.89. The first-order chi connectivity index (χ1) is 10.6. The molecule has 0 aromatic rings. The molecule has 0 unspecified atom stereocenters. The Balaban J connectivity index is 1.49. The molecule has 0 aliphatic heterocycles. The Hall–Kier alpha value is -0.610. The van der Waals surface area contributed by atoms with E-state index in [1.165, 1.54) is 38.5 Å². The standard InChI is InChI=1S/C18H31NO3/c1-3-21-17(22-4-2)12-19-16(20)11-18-8-13-5-14(9-18)7-15(6-13)10-18/h13-15,17H,3-12H2,1-2H3,(H,19,20). The average Bonchev–Trinajstić information content (AvgIpc) is 2.43. The van der Waals surface area contributed by atoms with Crippen molar-refractivity contribution in [3.8, 4) is 0 Å². The Bertz CT molecular complexity index is 355. The molecule has 126 valence electrons. The van der Waals surface area contributed by atoms with E-state index in [1.807, 2.05) is 13.8 Å². The molecule has 0 aromatic heterocycles. The molecule has 0 radical (unpaired) electrons. The molecule has 0 spiro atoms. The van der Waals surface area contributed by atoms with E-state index >= 15 is 0 Å². The summed E-state index contributed by atoms with van der Waals surface area (Å²) in [5.41, 5.74) is 0.311. The lowest BCUT2D eigenvalue weighted by atomic mass is 9.49. The van der Waals surface area contributed by atoms with E-state index in [9.17, 15) is 4.79 Å². The fourth-order valence-electron chi connectivity index (χ4n) is 5.64. The number of carbonyl (C=O) groups is 1. The van der Waals surface area contributed by atoms with Crippen LogP contribution >= 0.6 is 0 Å². The number of ether oxygens (including phenoxy) is 2. The molecule has 0 saturated heterocycles. The second-order valence-corrected chi connectivity index (χ2v) is 7.74. The van der Waals surface area contributed by atoms with Gasteiger partial charge in [-0.2, -0.15) is 0 Å². The summed E-state index contributed by atoms with van der Waals surface area (Å²) in [6, 6.07) is 0. The van der Waals surface area contributed by atoms with Crippen molar-refractivity contribution >= 4 is 5.91 Å². The van der Waals surface area contributed by atoms with Crippen LogP contribution in [0.1, 0.15) is 58.8 Å². The number of hydrogen-bond acceptors (Lipinski definition) is 3. The molecule has 0 atom stereocenters. The maximum absolute atomic E-state index is 12.4. The number of carbonyl (C=O) groups excluding carboxylic acids is 1. The van der Waals surface area contributed by atoms with Crippen LogP contribution in [0.5, 0.6) is 0 Å². The number of hydrogen-bond donors (Lipinski definition) is 1. The SMILES string of the molecule is CCOC(CNC(=O)CC12CC3CC(CC(C3)C1)C2)OCC. The molecule has 4 fully saturated rings. The summed E-state index contributed by atoms with van der Waals surface area (Å²) >= 11 is 0. The van der Waals surface area contributed by atoms with Gasteiger partial charge in [-0.25, -0.2) is 0 Å². The van der Waals surface area contributed by atoms with Gasteiger partial charge in [0.2, 0.25) is 5.91 Å². The van der Waals surface area contributed by atoms with Crippen molar-refractivity contribution in [3.05, 3.63) is 0 Å². The molecule has 1 N–H and O–H groups in total. The number of nitrogens with one attached hydrogen (secondary N) is 1. The quantitative estimate of drug-likeness (QED) is 0.701. The lowest BCUT2D eigenvalue weighted by Gasteiger charge is -2.56. The van der Waals surface area contributed by atoms with Gasteiger partial charge in [-0.05, 0) is 75.5 Å². The van der Waals surface area contributed by atoms with E-state index in [0.717, 1.165) is 17.8 Å². The predicted molar refractivity (Wildman–Crippen MR) is 85.3 cm³/mol. The highest BCUT2D eigenvalue weighted by molar-refractivity contribution is 5.76. The smallest absolute Gasteiger partial charge is 0.220 e. The summed E-state index contributed by atoms with van der Waals surface area (Å²) in [5, 5.41) is 3.04. The lowest BCUT2D eigenvalue weighted by molar-refractivity contribution is -0.143. The van der Waals surface area contributed by atoms with Crippen LogP contribution in [0.15, 0.2) is 0 Å². The third-order valence-electron chi connectivity index (χ3n) is 5.87. The van der Waals surface area contributed by atoms with Gasteiger partial charge in [0.25, 0.3) is 0 Å². The third-order valence-corrected chi connectivity index (χ3v) is 5.87. The summed E-state index contributed by atoms with van der Waals surface area (Å²) in [6.45, 7) is 5.57. The van der Waals surface area contributed by atoms with Crippen molar-refractivity contribution in [1.29, 1.82) is 0 Å². The van der Waals surface area contributed by atoms with Gasteiger partial charge < -0.3 is 14.8 Å². The van der Waals surface area contributed by atoms with Gasteiger partial charge in [0.15, 0.2) is 6.29 Å². The maximum atomic E-state index is 12.4. The van der Waals surface area contributed by atoms with Gasteiger partial charge in [0.05, 0.1) is 6.54 Å². The second-order valence-electron chi connectivity index (χ2n) is 7.74. The van der Waals surface area contributed by atoms with E-state index in [2.05, 4.69) is 5.32 Å². The van der Waals surface area contributed by atoms with Crippen molar-refractivity contribution in [3.63, 3.8) is 0 Å². The van der Waals surface area contributed by atoms with Crippen LogP contribution in [0.25, 0.3) is 0 Å². The summed E-state index contributed by atoms with van der Waals surface area (Å²) in [6.07, 6.45) is 8.54. The zero-order valence-electron chi connectivity index (χ0n) is 14.1. The Labute approximate surface area is 134 Å². The normalized spacial score (nSPS) is 36.0. The van der Waals surface area contributed by atoms with Crippen LogP contribution in [0, 0.1) is 23.2 Å². The van der Waals surface area contributed by atoms with Crippen molar-refractivity contribution in [2.75, 3.05) is 19.8 Å². The first-order valence-corrected chi connectivity index (χ1v) is 9.12. The first-order valence-electron chi connectivity index (χ1n) is 9.12. The highest BCUT2D eigenvalue weighted by atomic mass is 16.7. The van der Waals surface area contributed by atoms with Gasteiger partial charge >= 0.3 is 0 Å². The van der Waals surface area contributed by atoms with E-state index in [0.29, 0.717) is 31.6 Å². The lowest BCUT2D eigenvalue weighted by Crippen LogP contribution is -2.48. The van der Waals surface area contributed by atoms with Crippen LogP contribution in [-0.2, 0) is 14.3 Å². The zero-order chi connectivity index (χ0) is 15.6. The van der Waals surface area contributed by atoms with Crippen LogP contribution < -0.4 is 5.32 Å². The minimum Gasteiger partial charge on any atom is -0.351 e. The maximum Gasteiger partial charge on any atom is 0.220 e. The molecule has 0 aromatic carbocycles. The number of amides is 1. The average molecular weight is 309 g/mol. The fourth-order valence-corrected chi connectivity index (χ4v) is 5.64. The highest BCUT2D eigenvalue weighted by Gasteiger charge is 2.51. The first kappa shape index (κ1) is 16.3. The molecule has 4 bridgehead atoms. The summed E-state index contributed by atoms with van der Waals surface area (Å²) < 4.78 is 11.0. The molecular weight excluding hydrogens is 278 g/mol. The Morgan fingerprint density at radius 3 is 2.00 bits per heavy atom. The topological polar surface area (TPSA) is 47.6 Å². The summed E-state index contributed by atoms with van der Waals surface area (Å²) in [7, 11) is 0. The minimum atomic E-state index is -0.310. The Morgan fingerprint density at radius 1 is 1.05 bits per heavy atom. The molecule has 0 heterocycles. The van der Waals surface area contributed by atoms with Crippen LogP contribution in [-0.4, -0.2) is 32.0 Å². The molecule has 4 heteroatoms. The van der Waals surface area contributed by atoms with Gasteiger partial charge in [0, 0.05) is 19.6 Å². The van der Waals surface area contributed by atoms with E-state index in [1.54, 1.807) is 0 Å². The highest BCUT2D eigenvalue weighted by Crippen LogP contribution is 2.61. The molecule has 1 amide bonds. The zero-order valence-corrected chi connectivity index (χ0v) is 14.1. The predicted octanol–water partition coefficient (Wildman–Crippen LogP) is 3.11. The molecule has 4 nitrogen and oxygen atoms in total. The van der Waals surface area contributed by atoms with Crippen LogP contribution in [0.3, 0.4) is 0 Å². The van der Waals surface area contributed by atoms with Gasteiger partial charge in [-0.1, -0.05) is 0 Å². The van der Waals surface area contributed by atoms with Crippen molar-refractivity contribution in [1.82, 2.24) is 5.32 Å². The molecule has 4 rings (SSSR count). The monoisotopic (exact) mass is 309 g/mol. The van der Waals surface area contributed by atoms with E-state index in [4.69, 9.17) is 9.47 Å². The number of rotatable bonds is 8. The second kappa shape index (κ2) is 6.88. The molecule has 22 heavy (non-hydrogen) atoms. The van der Waals surface area contributed by atoms with Crippen molar-refractivity contribution < 1.29 is 14.3 Å². The van der Waals surface area contributed by atoms with Gasteiger partial charge in [-0.15, -0.1) is 0 Å². The summed E-state index contributed by atoms with van der Waals surface area (Å²) in [4.78, 5) is 12.4.